The number of nitrogens with one attached hydrogen (secondary N) is 1. The third-order valence-corrected chi connectivity index (χ3v) is 4.89. The molecule has 18 heavy (non-hydrogen) atoms. The average molecular weight is 392 g/mol. The second kappa shape index (κ2) is 6.89. The number of hydrogen-bond acceptors (Lipinski definition) is 2. The molecule has 1 nitrogen and oxygen atoms in total. The Morgan fingerprint density at radius 3 is 2.89 bits per heavy atom. The molecule has 0 saturated carbocycles. The van der Waals surface area contributed by atoms with Gasteiger partial charge in [-0.3, -0.25) is 0 Å². The van der Waals surface area contributed by atoms with Gasteiger partial charge >= 0.3 is 0 Å². The third kappa shape index (κ3) is 3.70. The van der Waals surface area contributed by atoms with Crippen LogP contribution in [-0.2, 0) is 6.42 Å². The summed E-state index contributed by atoms with van der Waals surface area (Å²) in [7, 11) is 0. The summed E-state index contributed by atoms with van der Waals surface area (Å²) in [4.78, 5) is 1.40. The molecule has 0 fully saturated rings. The molecule has 0 aliphatic heterocycles. The second-order valence-corrected chi connectivity index (χ2v) is 6.69. The lowest BCUT2D eigenvalue weighted by atomic mass is 10.0. The monoisotopic (exact) mass is 391 g/mol. The third-order valence-electron chi connectivity index (χ3n) is 2.77. The second-order valence-electron chi connectivity index (χ2n) is 4.06. The lowest BCUT2D eigenvalue weighted by molar-refractivity contribution is 0.551. The van der Waals surface area contributed by atoms with Crippen molar-refractivity contribution in [2.45, 2.75) is 19.4 Å². The van der Waals surface area contributed by atoms with Crippen molar-refractivity contribution in [3.05, 3.63) is 54.7 Å². The molecular formula is C14H15ClINS. The van der Waals surface area contributed by atoms with E-state index in [1.807, 2.05) is 6.07 Å². The van der Waals surface area contributed by atoms with Crippen molar-refractivity contribution in [2.75, 3.05) is 6.54 Å². The van der Waals surface area contributed by atoms with Crippen molar-refractivity contribution in [3.8, 4) is 0 Å². The average Bonchev–Trinajstić information content (AvgIpc) is 2.85. The van der Waals surface area contributed by atoms with Crippen LogP contribution in [0.25, 0.3) is 0 Å². The maximum atomic E-state index is 6.11. The molecule has 0 amide bonds. The number of likely N-dealkylation sites (N-methyl/N-ethyl adjacent to an activating group) is 1. The first-order valence-corrected chi connectivity index (χ1v) is 8.25. The van der Waals surface area contributed by atoms with E-state index in [1.54, 1.807) is 11.3 Å². The van der Waals surface area contributed by atoms with Crippen LogP contribution < -0.4 is 5.32 Å². The molecule has 2 rings (SSSR count). The summed E-state index contributed by atoms with van der Waals surface area (Å²) in [5, 5.41) is 6.48. The molecule has 1 N–H and O–H groups in total. The molecule has 1 aromatic carbocycles. The van der Waals surface area contributed by atoms with Gasteiger partial charge in [-0.05, 0) is 64.3 Å². The minimum absolute atomic E-state index is 0.333. The van der Waals surface area contributed by atoms with Crippen LogP contribution in [0.15, 0.2) is 35.7 Å². The van der Waals surface area contributed by atoms with Crippen LogP contribution in [0.1, 0.15) is 23.4 Å². The van der Waals surface area contributed by atoms with Crippen LogP contribution in [0.4, 0.5) is 0 Å². The van der Waals surface area contributed by atoms with E-state index in [1.165, 1.54) is 14.0 Å². The fourth-order valence-electron chi connectivity index (χ4n) is 1.95. The lowest BCUT2D eigenvalue weighted by Crippen LogP contribution is -2.23. The minimum Gasteiger partial charge on any atom is -0.310 e. The molecule has 1 unspecified atom stereocenters. The Hall–Kier alpha value is -0.100. The van der Waals surface area contributed by atoms with Crippen LogP contribution in [0.3, 0.4) is 0 Å². The van der Waals surface area contributed by atoms with Crippen LogP contribution in [0.2, 0.25) is 5.02 Å². The molecule has 0 radical (unpaired) electrons. The Morgan fingerprint density at radius 2 is 2.22 bits per heavy atom. The topological polar surface area (TPSA) is 12.0 Å². The zero-order valence-corrected chi connectivity index (χ0v) is 13.8. The first kappa shape index (κ1) is 14.3. The molecule has 2 aromatic rings. The summed E-state index contributed by atoms with van der Waals surface area (Å²) in [5.41, 5.74) is 1.29. The van der Waals surface area contributed by atoms with E-state index >= 15 is 0 Å². The number of benzene rings is 1. The normalized spacial score (nSPS) is 12.6. The highest BCUT2D eigenvalue weighted by molar-refractivity contribution is 14.1. The Kier molecular flexibility index (Phi) is 5.48. The Bertz CT molecular complexity index is 499. The zero-order valence-electron chi connectivity index (χ0n) is 10.1. The van der Waals surface area contributed by atoms with Gasteiger partial charge in [0.2, 0.25) is 0 Å². The van der Waals surface area contributed by atoms with E-state index in [0.717, 1.165) is 18.0 Å². The summed E-state index contributed by atoms with van der Waals surface area (Å²) in [6.07, 6.45) is 1.02. The summed E-state index contributed by atoms with van der Waals surface area (Å²) < 4.78 is 1.26. The number of halogens is 2. The molecular weight excluding hydrogens is 377 g/mol. The smallest absolute Gasteiger partial charge is 0.0410 e. The fourth-order valence-corrected chi connectivity index (χ4v) is 3.59. The number of hydrogen-bond donors (Lipinski definition) is 1. The van der Waals surface area contributed by atoms with E-state index in [-0.39, 0.29) is 0 Å². The molecule has 0 bridgehead atoms. The van der Waals surface area contributed by atoms with E-state index in [2.05, 4.69) is 64.5 Å². The van der Waals surface area contributed by atoms with Gasteiger partial charge in [-0.1, -0.05) is 24.6 Å². The molecule has 0 spiro atoms. The summed E-state index contributed by atoms with van der Waals surface area (Å²) >= 11 is 10.3. The Labute approximate surface area is 131 Å². The quantitative estimate of drug-likeness (QED) is 0.715. The number of rotatable bonds is 5. The molecule has 0 aliphatic rings. The van der Waals surface area contributed by atoms with Gasteiger partial charge in [-0.15, -0.1) is 11.3 Å². The van der Waals surface area contributed by atoms with Crippen LogP contribution in [0, 0.1) is 3.57 Å². The van der Waals surface area contributed by atoms with Crippen molar-refractivity contribution in [2.24, 2.45) is 0 Å². The summed E-state index contributed by atoms with van der Waals surface area (Å²) in [6.45, 7) is 3.09. The summed E-state index contributed by atoms with van der Waals surface area (Å²) in [5.74, 6) is 0. The molecule has 0 aliphatic carbocycles. The molecule has 4 heteroatoms. The molecule has 0 saturated heterocycles. The predicted molar refractivity (Wildman–Crippen MR) is 88.6 cm³/mol. The largest absolute Gasteiger partial charge is 0.310 e. The van der Waals surface area contributed by atoms with Gasteiger partial charge in [0.15, 0.2) is 0 Å². The van der Waals surface area contributed by atoms with Crippen molar-refractivity contribution < 1.29 is 0 Å². The minimum atomic E-state index is 0.333. The molecule has 1 heterocycles. The van der Waals surface area contributed by atoms with Gasteiger partial charge in [0.05, 0.1) is 0 Å². The van der Waals surface area contributed by atoms with E-state index < -0.39 is 0 Å². The van der Waals surface area contributed by atoms with E-state index in [0.29, 0.717) is 6.04 Å². The predicted octanol–water partition coefficient (Wildman–Crippen LogP) is 4.90. The standard InChI is InChI=1S/C14H15ClINS/c1-2-17-14(9-11-4-3-7-18-11)12-8-10(15)5-6-13(12)16/h3-8,14,17H,2,9H2,1H3. The molecule has 96 valence electrons. The van der Waals surface area contributed by atoms with Gasteiger partial charge in [-0.2, -0.15) is 0 Å². The van der Waals surface area contributed by atoms with Gasteiger partial charge < -0.3 is 5.32 Å². The SMILES string of the molecule is CCNC(Cc1cccs1)c1cc(Cl)ccc1I. The van der Waals surface area contributed by atoms with Crippen LogP contribution >= 0.6 is 45.5 Å². The molecule has 1 atom stereocenters. The maximum absolute atomic E-state index is 6.11. The van der Waals surface area contributed by atoms with Crippen molar-refractivity contribution in [1.29, 1.82) is 0 Å². The van der Waals surface area contributed by atoms with Gasteiger partial charge in [0.1, 0.15) is 0 Å². The first-order valence-electron chi connectivity index (χ1n) is 5.91. The highest BCUT2D eigenvalue weighted by atomic mass is 127. The first-order chi connectivity index (χ1) is 8.70. The maximum Gasteiger partial charge on any atom is 0.0410 e. The van der Waals surface area contributed by atoms with E-state index in [9.17, 15) is 0 Å². The van der Waals surface area contributed by atoms with Crippen LogP contribution in [-0.4, -0.2) is 6.54 Å². The highest BCUT2D eigenvalue weighted by Gasteiger charge is 2.15. The Balaban J connectivity index is 2.26. The lowest BCUT2D eigenvalue weighted by Gasteiger charge is -2.19. The zero-order chi connectivity index (χ0) is 13.0. The van der Waals surface area contributed by atoms with Crippen LogP contribution in [0.5, 0.6) is 0 Å². The Morgan fingerprint density at radius 1 is 1.39 bits per heavy atom. The highest BCUT2D eigenvalue weighted by Crippen LogP contribution is 2.27. The van der Waals surface area contributed by atoms with Gasteiger partial charge in [0.25, 0.3) is 0 Å². The van der Waals surface area contributed by atoms with Crippen molar-refractivity contribution in [1.82, 2.24) is 5.32 Å². The van der Waals surface area contributed by atoms with Crippen molar-refractivity contribution >= 4 is 45.5 Å². The molecule has 1 aromatic heterocycles. The van der Waals surface area contributed by atoms with Gasteiger partial charge in [0, 0.05) is 25.9 Å². The van der Waals surface area contributed by atoms with Crippen molar-refractivity contribution in [3.63, 3.8) is 0 Å². The summed E-state index contributed by atoms with van der Waals surface area (Å²) in [6, 6.07) is 10.7. The fraction of sp³-hybridized carbons (Fsp3) is 0.286. The van der Waals surface area contributed by atoms with Gasteiger partial charge in [-0.25, -0.2) is 0 Å². The van der Waals surface area contributed by atoms with E-state index in [4.69, 9.17) is 11.6 Å². The number of thiophene rings is 1.